The lowest BCUT2D eigenvalue weighted by Crippen LogP contribution is -2.25. The maximum absolute atomic E-state index is 13.5. The summed E-state index contributed by atoms with van der Waals surface area (Å²) in [6.07, 6.45) is 4.12. The first-order valence-electron chi connectivity index (χ1n) is 11.0. The van der Waals surface area contributed by atoms with E-state index in [-0.39, 0.29) is 18.3 Å². The molecule has 0 saturated carbocycles. The van der Waals surface area contributed by atoms with E-state index in [0.717, 1.165) is 16.8 Å². The van der Waals surface area contributed by atoms with Crippen molar-refractivity contribution in [2.24, 2.45) is 12.8 Å². The number of aryl methyl sites for hydroxylation is 1. The molecule has 0 aliphatic heterocycles. The van der Waals surface area contributed by atoms with Crippen molar-refractivity contribution in [2.75, 3.05) is 11.9 Å². The smallest absolute Gasteiger partial charge is 0.255 e. The number of hydrogen-bond acceptors (Lipinski definition) is 6. The molecule has 180 valence electrons. The summed E-state index contributed by atoms with van der Waals surface area (Å²) in [5.41, 5.74) is 9.81. The minimum Gasteiger partial charge on any atom is -0.369 e. The van der Waals surface area contributed by atoms with E-state index in [9.17, 15) is 9.18 Å². The number of carbonyl (C=O) groups excluding carboxylic acids is 1. The molecule has 0 aliphatic rings. The first-order chi connectivity index (χ1) is 16.9. The second-order valence-corrected chi connectivity index (χ2v) is 8.79. The molecule has 0 atom stereocenters. The summed E-state index contributed by atoms with van der Waals surface area (Å²) in [5, 5.41) is 10.4. The highest BCUT2D eigenvalue weighted by molar-refractivity contribution is 9.10. The monoisotopic (exact) mass is 537 g/mol. The Labute approximate surface area is 210 Å². The maximum atomic E-state index is 13.5. The molecule has 1 aromatic carbocycles. The summed E-state index contributed by atoms with van der Waals surface area (Å²) in [4.78, 5) is 22.3. The highest BCUT2D eigenvalue weighted by Crippen LogP contribution is 2.30. The number of nitrogens with one attached hydrogen (secondary N) is 2. The van der Waals surface area contributed by atoms with E-state index < -0.39 is 0 Å². The number of pyridine rings is 2. The molecule has 3 heterocycles. The van der Waals surface area contributed by atoms with Gasteiger partial charge in [0.1, 0.15) is 11.6 Å². The van der Waals surface area contributed by atoms with Gasteiger partial charge in [0.2, 0.25) is 0 Å². The van der Waals surface area contributed by atoms with Crippen molar-refractivity contribution >= 4 is 27.7 Å². The van der Waals surface area contributed by atoms with Crippen molar-refractivity contribution in [3.63, 3.8) is 0 Å². The standard InChI is InChI=1S/C25H25BrFN7O/c1-34-15-17(13-31-34)23-22(26)11-21(25(35)30-14-20-7-3-6-19(12-28)32-20)24(33-23)29-9-8-16-4-2-5-18(27)10-16/h2-7,10-11,13,15H,8-9,12,14,28H2,1H3,(H,29,33)(H,30,35). The number of carbonyl (C=O) groups is 1. The van der Waals surface area contributed by atoms with E-state index in [4.69, 9.17) is 10.7 Å². The van der Waals surface area contributed by atoms with E-state index in [2.05, 4.69) is 36.6 Å². The van der Waals surface area contributed by atoms with Crippen LogP contribution in [-0.2, 0) is 26.6 Å². The van der Waals surface area contributed by atoms with Crippen LogP contribution in [0.3, 0.4) is 0 Å². The van der Waals surface area contributed by atoms with Crippen LogP contribution in [0.25, 0.3) is 11.3 Å². The minimum absolute atomic E-state index is 0.247. The lowest BCUT2D eigenvalue weighted by atomic mass is 10.1. The van der Waals surface area contributed by atoms with Gasteiger partial charge in [0, 0.05) is 36.4 Å². The average molecular weight is 538 g/mol. The fourth-order valence-electron chi connectivity index (χ4n) is 3.57. The van der Waals surface area contributed by atoms with Crippen molar-refractivity contribution < 1.29 is 9.18 Å². The summed E-state index contributed by atoms with van der Waals surface area (Å²) < 4.78 is 15.9. The van der Waals surface area contributed by atoms with E-state index >= 15 is 0 Å². The number of rotatable bonds is 9. The zero-order valence-corrected chi connectivity index (χ0v) is 20.7. The minimum atomic E-state index is -0.302. The van der Waals surface area contributed by atoms with Crippen molar-refractivity contribution in [3.8, 4) is 11.3 Å². The van der Waals surface area contributed by atoms with E-state index in [1.165, 1.54) is 12.1 Å². The third-order valence-electron chi connectivity index (χ3n) is 5.30. The molecule has 0 bridgehead atoms. The van der Waals surface area contributed by atoms with Gasteiger partial charge in [-0.3, -0.25) is 14.5 Å². The Morgan fingerprint density at radius 1 is 1.14 bits per heavy atom. The van der Waals surface area contributed by atoms with Gasteiger partial charge in [-0.15, -0.1) is 0 Å². The Hall–Kier alpha value is -3.63. The van der Waals surface area contributed by atoms with Crippen LogP contribution in [0.15, 0.2) is 65.4 Å². The molecule has 0 saturated heterocycles. The predicted molar refractivity (Wildman–Crippen MR) is 136 cm³/mol. The lowest BCUT2D eigenvalue weighted by Gasteiger charge is -2.14. The first kappa shape index (κ1) is 24.5. The van der Waals surface area contributed by atoms with Gasteiger partial charge in [0.05, 0.1) is 35.4 Å². The van der Waals surface area contributed by atoms with Crippen LogP contribution in [0.2, 0.25) is 0 Å². The van der Waals surface area contributed by atoms with Crippen LogP contribution in [0.4, 0.5) is 10.2 Å². The molecule has 4 N–H and O–H groups in total. The second-order valence-electron chi connectivity index (χ2n) is 7.93. The lowest BCUT2D eigenvalue weighted by molar-refractivity contribution is 0.0951. The molecule has 0 unspecified atom stereocenters. The number of halogens is 2. The predicted octanol–water partition coefficient (Wildman–Crippen LogP) is 3.82. The highest BCUT2D eigenvalue weighted by Gasteiger charge is 2.18. The largest absolute Gasteiger partial charge is 0.369 e. The van der Waals surface area contributed by atoms with Gasteiger partial charge in [0.15, 0.2) is 0 Å². The van der Waals surface area contributed by atoms with Crippen molar-refractivity contribution in [3.05, 3.63) is 93.7 Å². The second kappa shape index (κ2) is 11.2. The molecular weight excluding hydrogens is 513 g/mol. The van der Waals surface area contributed by atoms with Crippen molar-refractivity contribution in [1.29, 1.82) is 0 Å². The topological polar surface area (TPSA) is 111 Å². The summed E-state index contributed by atoms with van der Waals surface area (Å²) in [6, 6.07) is 13.7. The summed E-state index contributed by atoms with van der Waals surface area (Å²) in [5.74, 6) is -0.163. The normalized spacial score (nSPS) is 10.9. The molecule has 0 fully saturated rings. The van der Waals surface area contributed by atoms with Crippen molar-refractivity contribution in [2.45, 2.75) is 19.5 Å². The number of amides is 1. The Kier molecular flexibility index (Phi) is 7.84. The molecule has 1 amide bonds. The van der Waals surface area contributed by atoms with Crippen LogP contribution in [0, 0.1) is 5.82 Å². The van der Waals surface area contributed by atoms with Crippen LogP contribution in [0.1, 0.15) is 27.3 Å². The van der Waals surface area contributed by atoms with Gasteiger partial charge in [0.25, 0.3) is 5.91 Å². The third kappa shape index (κ3) is 6.28. The Morgan fingerprint density at radius 2 is 1.94 bits per heavy atom. The van der Waals surface area contributed by atoms with Crippen LogP contribution >= 0.6 is 15.9 Å². The molecule has 0 aliphatic carbocycles. The molecule has 4 rings (SSSR count). The zero-order valence-electron chi connectivity index (χ0n) is 19.1. The van der Waals surface area contributed by atoms with E-state index in [0.29, 0.717) is 46.8 Å². The zero-order chi connectivity index (χ0) is 24.8. The average Bonchev–Trinajstić information content (AvgIpc) is 3.29. The van der Waals surface area contributed by atoms with Gasteiger partial charge in [-0.1, -0.05) is 18.2 Å². The summed E-state index contributed by atoms with van der Waals surface area (Å²) >= 11 is 3.55. The fourth-order valence-corrected chi connectivity index (χ4v) is 4.11. The summed E-state index contributed by atoms with van der Waals surface area (Å²) in [7, 11) is 1.82. The molecule has 4 aromatic rings. The van der Waals surface area contributed by atoms with Crippen LogP contribution in [0.5, 0.6) is 0 Å². The summed E-state index contributed by atoms with van der Waals surface area (Å²) in [6.45, 7) is 1.04. The van der Waals surface area contributed by atoms with Gasteiger partial charge in [-0.05, 0) is 58.2 Å². The number of benzene rings is 1. The van der Waals surface area contributed by atoms with E-state index in [1.54, 1.807) is 23.0 Å². The van der Waals surface area contributed by atoms with Gasteiger partial charge in [-0.2, -0.15) is 5.10 Å². The maximum Gasteiger partial charge on any atom is 0.255 e. The molecular formula is C25H25BrFN7O. The SMILES string of the molecule is Cn1cc(-c2nc(NCCc3cccc(F)c3)c(C(=O)NCc3cccc(CN)n3)cc2Br)cn1. The van der Waals surface area contributed by atoms with Crippen molar-refractivity contribution in [1.82, 2.24) is 25.1 Å². The number of aromatic nitrogens is 4. The first-order valence-corrected chi connectivity index (χ1v) is 11.8. The van der Waals surface area contributed by atoms with Crippen LogP contribution < -0.4 is 16.4 Å². The van der Waals surface area contributed by atoms with Gasteiger partial charge in [-0.25, -0.2) is 9.37 Å². The third-order valence-corrected chi connectivity index (χ3v) is 5.90. The quantitative estimate of drug-likeness (QED) is 0.299. The number of nitrogens with two attached hydrogens (primary N) is 1. The van der Waals surface area contributed by atoms with Gasteiger partial charge >= 0.3 is 0 Å². The number of nitrogens with zero attached hydrogens (tertiary/aromatic N) is 4. The van der Waals surface area contributed by atoms with E-state index in [1.807, 2.05) is 37.5 Å². The van der Waals surface area contributed by atoms with Gasteiger partial charge < -0.3 is 16.4 Å². The molecule has 3 aromatic heterocycles. The molecule has 0 spiro atoms. The molecule has 10 heteroatoms. The molecule has 35 heavy (non-hydrogen) atoms. The van der Waals surface area contributed by atoms with Crippen LogP contribution in [-0.4, -0.2) is 32.2 Å². The Bertz CT molecular complexity index is 1340. The highest BCUT2D eigenvalue weighted by atomic mass is 79.9. The Morgan fingerprint density at radius 3 is 2.69 bits per heavy atom. The fraction of sp³-hybridized carbons (Fsp3) is 0.200. The molecule has 8 nitrogen and oxygen atoms in total. The number of anilines is 1. The molecule has 0 radical (unpaired) electrons. The Balaban J connectivity index is 1.57. The number of hydrogen-bond donors (Lipinski definition) is 3.